The van der Waals surface area contributed by atoms with Crippen LogP contribution in [0.25, 0.3) is 11.4 Å². The van der Waals surface area contributed by atoms with Crippen LogP contribution in [0.2, 0.25) is 0 Å². The van der Waals surface area contributed by atoms with Crippen molar-refractivity contribution in [2.24, 2.45) is 0 Å². The number of H-pyrrole nitrogens is 1. The van der Waals surface area contributed by atoms with Gasteiger partial charge in [-0.05, 0) is 0 Å². The van der Waals surface area contributed by atoms with E-state index in [1.807, 2.05) is 0 Å². The Kier molecular flexibility index (Phi) is 1.87. The minimum Gasteiger partial charge on any atom is -0.480 e. The summed E-state index contributed by atoms with van der Waals surface area (Å²) in [6.07, 6.45) is 4.70. The average molecular weight is 177 g/mol. The Hall–Kier alpha value is -1.98. The van der Waals surface area contributed by atoms with Crippen LogP contribution in [0, 0.1) is 0 Å². The SMILES string of the molecule is COc1cncc(-c2cn[nH]n2)n1. The molecule has 0 saturated heterocycles. The molecule has 0 radical (unpaired) electrons. The van der Waals surface area contributed by atoms with Crippen LogP contribution in [0.5, 0.6) is 5.88 Å². The lowest BCUT2D eigenvalue weighted by molar-refractivity contribution is 0.396. The summed E-state index contributed by atoms with van der Waals surface area (Å²) < 4.78 is 4.92. The normalized spacial score (nSPS) is 9.92. The van der Waals surface area contributed by atoms with E-state index in [9.17, 15) is 0 Å². The number of hydrogen-bond donors (Lipinski definition) is 1. The lowest BCUT2D eigenvalue weighted by atomic mass is 10.3. The molecule has 13 heavy (non-hydrogen) atoms. The number of ether oxygens (including phenoxy) is 1. The van der Waals surface area contributed by atoms with Crippen molar-refractivity contribution in [3.8, 4) is 17.3 Å². The van der Waals surface area contributed by atoms with Crippen molar-refractivity contribution in [2.45, 2.75) is 0 Å². The Balaban J connectivity index is 2.41. The van der Waals surface area contributed by atoms with Crippen LogP contribution in [-0.4, -0.2) is 32.5 Å². The van der Waals surface area contributed by atoms with Gasteiger partial charge in [-0.3, -0.25) is 4.98 Å². The lowest BCUT2D eigenvalue weighted by Crippen LogP contribution is -1.91. The van der Waals surface area contributed by atoms with Gasteiger partial charge in [-0.2, -0.15) is 15.4 Å². The number of methoxy groups -OCH3 is 1. The first-order chi connectivity index (χ1) is 6.40. The zero-order valence-corrected chi connectivity index (χ0v) is 6.93. The molecule has 0 saturated carbocycles. The summed E-state index contributed by atoms with van der Waals surface area (Å²) in [6.45, 7) is 0. The van der Waals surface area contributed by atoms with Crippen molar-refractivity contribution in [1.82, 2.24) is 25.4 Å². The number of nitrogens with one attached hydrogen (secondary N) is 1. The van der Waals surface area contributed by atoms with Crippen LogP contribution in [-0.2, 0) is 0 Å². The van der Waals surface area contributed by atoms with E-state index >= 15 is 0 Å². The fraction of sp³-hybridized carbons (Fsp3) is 0.143. The summed E-state index contributed by atoms with van der Waals surface area (Å²) in [4.78, 5) is 8.07. The third-order valence-electron chi connectivity index (χ3n) is 1.50. The van der Waals surface area contributed by atoms with Gasteiger partial charge in [0.25, 0.3) is 0 Å². The minimum atomic E-state index is 0.459. The second-order valence-corrected chi connectivity index (χ2v) is 2.30. The maximum Gasteiger partial charge on any atom is 0.232 e. The van der Waals surface area contributed by atoms with E-state index in [0.29, 0.717) is 17.3 Å². The van der Waals surface area contributed by atoms with Crippen molar-refractivity contribution in [1.29, 1.82) is 0 Å². The lowest BCUT2D eigenvalue weighted by Gasteiger charge is -1.98. The zero-order valence-electron chi connectivity index (χ0n) is 6.93. The highest BCUT2D eigenvalue weighted by Gasteiger charge is 2.03. The molecule has 1 N–H and O–H groups in total. The molecule has 6 heteroatoms. The van der Waals surface area contributed by atoms with Gasteiger partial charge in [-0.15, -0.1) is 0 Å². The smallest absolute Gasteiger partial charge is 0.232 e. The van der Waals surface area contributed by atoms with Gasteiger partial charge in [-0.25, -0.2) is 4.98 Å². The van der Waals surface area contributed by atoms with Gasteiger partial charge in [0.2, 0.25) is 5.88 Å². The quantitative estimate of drug-likeness (QED) is 0.712. The zero-order chi connectivity index (χ0) is 9.10. The molecule has 2 rings (SSSR count). The molecule has 66 valence electrons. The van der Waals surface area contributed by atoms with E-state index in [2.05, 4.69) is 25.4 Å². The third kappa shape index (κ3) is 1.46. The highest BCUT2D eigenvalue weighted by atomic mass is 16.5. The van der Waals surface area contributed by atoms with Gasteiger partial charge < -0.3 is 4.74 Å². The van der Waals surface area contributed by atoms with Gasteiger partial charge in [0.15, 0.2) is 0 Å². The second-order valence-electron chi connectivity index (χ2n) is 2.30. The molecule has 0 atom stereocenters. The van der Waals surface area contributed by atoms with Crippen LogP contribution >= 0.6 is 0 Å². The molecular formula is C7H7N5O. The molecule has 2 aromatic heterocycles. The fourth-order valence-corrected chi connectivity index (χ4v) is 0.895. The summed E-state index contributed by atoms with van der Waals surface area (Å²) in [7, 11) is 1.54. The Labute approximate surface area is 74.0 Å². The van der Waals surface area contributed by atoms with Gasteiger partial charge in [-0.1, -0.05) is 0 Å². The van der Waals surface area contributed by atoms with Crippen molar-refractivity contribution in [2.75, 3.05) is 7.11 Å². The molecule has 0 aromatic carbocycles. The Morgan fingerprint density at radius 2 is 2.15 bits per heavy atom. The number of aromatic nitrogens is 5. The van der Waals surface area contributed by atoms with Crippen molar-refractivity contribution >= 4 is 0 Å². The first kappa shape index (κ1) is 7.66. The van der Waals surface area contributed by atoms with Gasteiger partial charge in [0.1, 0.15) is 11.4 Å². The molecule has 0 fully saturated rings. The molecule has 0 amide bonds. The van der Waals surface area contributed by atoms with Crippen molar-refractivity contribution < 1.29 is 4.74 Å². The van der Waals surface area contributed by atoms with Gasteiger partial charge in [0, 0.05) is 0 Å². The Morgan fingerprint density at radius 1 is 1.23 bits per heavy atom. The monoisotopic (exact) mass is 177 g/mol. The van der Waals surface area contributed by atoms with E-state index in [-0.39, 0.29) is 0 Å². The molecule has 0 unspecified atom stereocenters. The summed E-state index contributed by atoms with van der Waals surface area (Å²) in [5.41, 5.74) is 1.28. The topological polar surface area (TPSA) is 76.6 Å². The standard InChI is InChI=1S/C7H7N5O/c1-13-7-4-8-2-5(10-7)6-3-9-12-11-6/h2-4H,1H3,(H,9,11,12). The van der Waals surface area contributed by atoms with E-state index in [0.717, 1.165) is 0 Å². The largest absolute Gasteiger partial charge is 0.480 e. The van der Waals surface area contributed by atoms with Crippen LogP contribution in [0.1, 0.15) is 0 Å². The summed E-state index contributed by atoms with van der Waals surface area (Å²) in [5.74, 6) is 0.459. The molecule has 2 aromatic rings. The highest BCUT2D eigenvalue weighted by molar-refractivity contribution is 5.50. The Morgan fingerprint density at radius 3 is 2.85 bits per heavy atom. The predicted octanol–water partition coefficient (Wildman–Crippen LogP) is 0.270. The summed E-state index contributed by atoms with van der Waals surface area (Å²) in [6, 6.07) is 0. The highest BCUT2D eigenvalue weighted by Crippen LogP contribution is 2.13. The Bertz CT molecular complexity index is 386. The molecule has 0 bridgehead atoms. The minimum absolute atomic E-state index is 0.459. The average Bonchev–Trinajstić information content (AvgIpc) is 2.71. The second kappa shape index (κ2) is 3.18. The van der Waals surface area contributed by atoms with Crippen LogP contribution in [0.4, 0.5) is 0 Å². The maximum absolute atomic E-state index is 4.92. The van der Waals surface area contributed by atoms with Gasteiger partial charge >= 0.3 is 0 Å². The number of nitrogens with zero attached hydrogens (tertiary/aromatic N) is 4. The number of hydrogen-bond acceptors (Lipinski definition) is 5. The van der Waals surface area contributed by atoms with E-state index < -0.39 is 0 Å². The molecule has 0 aliphatic carbocycles. The molecule has 0 aliphatic heterocycles. The molecule has 0 spiro atoms. The van der Waals surface area contributed by atoms with Crippen molar-refractivity contribution in [3.63, 3.8) is 0 Å². The molecular weight excluding hydrogens is 170 g/mol. The predicted molar refractivity (Wildman–Crippen MR) is 44.0 cm³/mol. The van der Waals surface area contributed by atoms with Crippen LogP contribution in [0.15, 0.2) is 18.6 Å². The van der Waals surface area contributed by atoms with Crippen LogP contribution in [0.3, 0.4) is 0 Å². The van der Waals surface area contributed by atoms with Crippen molar-refractivity contribution in [3.05, 3.63) is 18.6 Å². The maximum atomic E-state index is 4.92. The summed E-state index contributed by atoms with van der Waals surface area (Å²) >= 11 is 0. The summed E-state index contributed by atoms with van der Waals surface area (Å²) in [5, 5.41) is 10.0. The first-order valence-corrected chi connectivity index (χ1v) is 3.62. The molecule has 2 heterocycles. The van der Waals surface area contributed by atoms with E-state index in [1.165, 1.54) is 13.3 Å². The van der Waals surface area contributed by atoms with E-state index in [4.69, 9.17) is 4.74 Å². The third-order valence-corrected chi connectivity index (χ3v) is 1.50. The first-order valence-electron chi connectivity index (χ1n) is 3.62. The van der Waals surface area contributed by atoms with Gasteiger partial charge in [0.05, 0.1) is 25.7 Å². The fourth-order valence-electron chi connectivity index (χ4n) is 0.895. The number of rotatable bonds is 2. The molecule has 6 nitrogen and oxygen atoms in total. The molecule has 0 aliphatic rings. The number of aromatic amines is 1. The van der Waals surface area contributed by atoms with Crippen LogP contribution < -0.4 is 4.74 Å². The van der Waals surface area contributed by atoms with E-state index in [1.54, 1.807) is 12.4 Å².